The van der Waals surface area contributed by atoms with Crippen LogP contribution in [0.4, 0.5) is 10.6 Å². The number of furan rings is 1. The third-order valence-electron chi connectivity index (χ3n) is 6.99. The average molecular weight is 544 g/mol. The summed E-state index contributed by atoms with van der Waals surface area (Å²) in [5.41, 5.74) is 2.08. The summed E-state index contributed by atoms with van der Waals surface area (Å²) in [6, 6.07) is 18.3. The molecule has 3 heterocycles. The van der Waals surface area contributed by atoms with E-state index in [4.69, 9.17) is 9.15 Å². The fraction of sp³-hybridized carbons (Fsp3) is 0.333. The average Bonchev–Trinajstić information content (AvgIpc) is 3.68. The number of benzene rings is 2. The molecule has 0 aliphatic carbocycles. The second-order valence-corrected chi connectivity index (χ2v) is 10.4. The Labute approximate surface area is 232 Å². The second kappa shape index (κ2) is 11.4. The van der Waals surface area contributed by atoms with Gasteiger partial charge in [-0.15, -0.1) is 5.10 Å². The van der Waals surface area contributed by atoms with Crippen LogP contribution in [0.2, 0.25) is 0 Å². The number of carbonyl (C=O) groups is 3. The van der Waals surface area contributed by atoms with E-state index in [-0.39, 0.29) is 29.3 Å². The molecule has 0 spiro atoms. The summed E-state index contributed by atoms with van der Waals surface area (Å²) >= 11 is 0. The van der Waals surface area contributed by atoms with Crippen LogP contribution in [0.15, 0.2) is 65.1 Å². The van der Waals surface area contributed by atoms with Crippen LogP contribution in [-0.2, 0) is 16.8 Å². The van der Waals surface area contributed by atoms with E-state index in [2.05, 4.69) is 20.6 Å². The number of hydrogen-bond donors (Lipinski definition) is 2. The molecule has 10 nitrogen and oxygen atoms in total. The highest BCUT2D eigenvalue weighted by Crippen LogP contribution is 2.29. The number of carbonyl (C=O) groups excluding carboxylic acids is 3. The van der Waals surface area contributed by atoms with Crippen molar-refractivity contribution >= 4 is 34.8 Å². The SMILES string of the molecule is CCOC(=O)n1nc(NC(=O)c2ccc(CN3CCCC3)cc2)c2oc(C(=O)NC(C)(C)c3ccccc3)cc21. The van der Waals surface area contributed by atoms with Crippen molar-refractivity contribution in [3.8, 4) is 0 Å². The Morgan fingerprint density at radius 2 is 1.70 bits per heavy atom. The molecule has 2 amide bonds. The zero-order valence-corrected chi connectivity index (χ0v) is 22.9. The van der Waals surface area contributed by atoms with Crippen LogP contribution in [-0.4, -0.2) is 52.3 Å². The lowest BCUT2D eigenvalue weighted by molar-refractivity contribution is 0.0885. The number of amides is 2. The largest absolute Gasteiger partial charge is 0.448 e. The molecule has 1 fully saturated rings. The monoisotopic (exact) mass is 543 g/mol. The van der Waals surface area contributed by atoms with Crippen LogP contribution in [0.5, 0.6) is 0 Å². The lowest BCUT2D eigenvalue weighted by Crippen LogP contribution is -2.40. The smallest absolute Gasteiger partial charge is 0.435 e. The quantitative estimate of drug-likeness (QED) is 0.316. The van der Waals surface area contributed by atoms with Gasteiger partial charge in [0.15, 0.2) is 17.2 Å². The van der Waals surface area contributed by atoms with E-state index in [1.54, 1.807) is 19.1 Å². The number of ether oxygens (including phenoxy) is 1. The predicted octanol–water partition coefficient (Wildman–Crippen LogP) is 5.15. The van der Waals surface area contributed by atoms with Crippen molar-refractivity contribution in [1.82, 2.24) is 20.0 Å². The first-order chi connectivity index (χ1) is 19.2. The lowest BCUT2D eigenvalue weighted by Gasteiger charge is -2.26. The fourth-order valence-corrected chi connectivity index (χ4v) is 4.84. The van der Waals surface area contributed by atoms with Gasteiger partial charge in [0.05, 0.1) is 12.1 Å². The van der Waals surface area contributed by atoms with Crippen molar-refractivity contribution in [3.63, 3.8) is 0 Å². The maximum atomic E-state index is 13.2. The number of rotatable bonds is 8. The second-order valence-electron chi connectivity index (χ2n) is 10.4. The lowest BCUT2D eigenvalue weighted by atomic mass is 9.94. The van der Waals surface area contributed by atoms with Gasteiger partial charge in [-0.3, -0.25) is 14.5 Å². The van der Waals surface area contributed by atoms with Gasteiger partial charge in [-0.1, -0.05) is 42.5 Å². The first-order valence-corrected chi connectivity index (χ1v) is 13.5. The number of nitrogens with zero attached hydrogens (tertiary/aromatic N) is 3. The van der Waals surface area contributed by atoms with E-state index in [1.165, 1.54) is 18.9 Å². The minimum absolute atomic E-state index is 0.00978. The number of likely N-dealkylation sites (tertiary alicyclic amines) is 1. The Kier molecular flexibility index (Phi) is 7.70. The van der Waals surface area contributed by atoms with Crippen molar-refractivity contribution in [3.05, 3.63) is 83.1 Å². The van der Waals surface area contributed by atoms with Crippen molar-refractivity contribution in [1.29, 1.82) is 0 Å². The molecule has 10 heteroatoms. The fourth-order valence-electron chi connectivity index (χ4n) is 4.84. The van der Waals surface area contributed by atoms with Gasteiger partial charge in [-0.25, -0.2) is 4.79 Å². The van der Waals surface area contributed by atoms with Crippen LogP contribution in [0.1, 0.15) is 65.7 Å². The Hall–Kier alpha value is -4.44. The standard InChI is InChI=1S/C30H33N5O5/c1-4-39-29(38)35-23-18-24(28(37)32-30(2,3)22-10-6-5-7-11-22)40-25(23)26(33-35)31-27(36)21-14-12-20(13-15-21)19-34-16-8-9-17-34/h5-7,10-15,18H,4,8-9,16-17,19H2,1-3H3,(H,32,37)(H,31,33,36). The minimum Gasteiger partial charge on any atom is -0.448 e. The topological polar surface area (TPSA) is 119 Å². The number of fused-ring (bicyclic) bond motifs is 1. The van der Waals surface area contributed by atoms with Crippen molar-refractivity contribution in [2.45, 2.75) is 45.7 Å². The molecule has 4 aromatic rings. The molecule has 0 saturated carbocycles. The summed E-state index contributed by atoms with van der Waals surface area (Å²) in [4.78, 5) is 41.3. The van der Waals surface area contributed by atoms with E-state index in [0.717, 1.165) is 35.4 Å². The number of anilines is 1. The molecule has 1 aliphatic rings. The van der Waals surface area contributed by atoms with Gasteiger partial charge in [-0.05, 0) is 70.0 Å². The molecule has 0 bridgehead atoms. The third kappa shape index (κ3) is 5.76. The Balaban J connectivity index is 1.38. The van der Waals surface area contributed by atoms with Crippen LogP contribution < -0.4 is 10.6 Å². The van der Waals surface area contributed by atoms with Crippen LogP contribution in [0.3, 0.4) is 0 Å². The molecule has 0 atom stereocenters. The zero-order chi connectivity index (χ0) is 28.3. The maximum absolute atomic E-state index is 13.2. The molecule has 40 heavy (non-hydrogen) atoms. The summed E-state index contributed by atoms with van der Waals surface area (Å²) in [6.45, 7) is 8.60. The van der Waals surface area contributed by atoms with Crippen molar-refractivity contribution in [2.24, 2.45) is 0 Å². The molecule has 1 saturated heterocycles. The molecule has 2 aromatic heterocycles. The number of aromatic nitrogens is 2. The number of hydrogen-bond acceptors (Lipinski definition) is 7. The third-order valence-corrected chi connectivity index (χ3v) is 6.99. The summed E-state index contributed by atoms with van der Waals surface area (Å²) in [5.74, 6) is -0.922. The number of nitrogens with one attached hydrogen (secondary N) is 2. The Bertz CT molecular complexity index is 1520. The van der Waals surface area contributed by atoms with Gasteiger partial charge >= 0.3 is 6.09 Å². The molecule has 2 N–H and O–H groups in total. The summed E-state index contributed by atoms with van der Waals surface area (Å²) in [5, 5.41) is 9.90. The maximum Gasteiger partial charge on any atom is 0.435 e. The predicted molar refractivity (Wildman–Crippen MR) is 150 cm³/mol. The molecule has 5 rings (SSSR count). The first kappa shape index (κ1) is 27.1. The van der Waals surface area contributed by atoms with E-state index in [1.807, 2.05) is 56.3 Å². The molecule has 0 unspecified atom stereocenters. The van der Waals surface area contributed by atoms with Crippen molar-refractivity contribution < 1.29 is 23.5 Å². The van der Waals surface area contributed by atoms with E-state index < -0.39 is 23.4 Å². The van der Waals surface area contributed by atoms with Crippen LogP contribution >= 0.6 is 0 Å². The molecule has 208 valence electrons. The molecule has 0 radical (unpaired) electrons. The normalized spacial score (nSPS) is 13.9. The highest BCUT2D eigenvalue weighted by Gasteiger charge is 2.28. The van der Waals surface area contributed by atoms with Gasteiger partial charge in [0.25, 0.3) is 11.8 Å². The highest BCUT2D eigenvalue weighted by molar-refractivity contribution is 6.08. The van der Waals surface area contributed by atoms with Gasteiger partial charge in [0, 0.05) is 18.2 Å². The summed E-state index contributed by atoms with van der Waals surface area (Å²) in [7, 11) is 0. The zero-order valence-electron chi connectivity index (χ0n) is 22.9. The molecule has 1 aliphatic heterocycles. The summed E-state index contributed by atoms with van der Waals surface area (Å²) in [6.07, 6.45) is 1.68. The molecular weight excluding hydrogens is 510 g/mol. The Morgan fingerprint density at radius 3 is 2.38 bits per heavy atom. The molecule has 2 aromatic carbocycles. The highest BCUT2D eigenvalue weighted by atomic mass is 16.6. The Morgan fingerprint density at radius 1 is 1.00 bits per heavy atom. The van der Waals surface area contributed by atoms with Crippen molar-refractivity contribution in [2.75, 3.05) is 25.0 Å². The van der Waals surface area contributed by atoms with E-state index in [9.17, 15) is 14.4 Å². The van der Waals surface area contributed by atoms with Crippen LogP contribution in [0.25, 0.3) is 11.1 Å². The van der Waals surface area contributed by atoms with E-state index >= 15 is 0 Å². The minimum atomic E-state index is -0.753. The molecular formula is C30H33N5O5. The first-order valence-electron chi connectivity index (χ1n) is 13.5. The van der Waals surface area contributed by atoms with E-state index in [0.29, 0.717) is 5.56 Å². The van der Waals surface area contributed by atoms with Gasteiger partial charge < -0.3 is 19.8 Å². The van der Waals surface area contributed by atoms with Crippen LogP contribution in [0, 0.1) is 0 Å². The van der Waals surface area contributed by atoms with Gasteiger partial charge in [0.1, 0.15) is 5.52 Å². The summed E-state index contributed by atoms with van der Waals surface area (Å²) < 4.78 is 12.0. The van der Waals surface area contributed by atoms with Gasteiger partial charge in [0.2, 0.25) is 0 Å². The van der Waals surface area contributed by atoms with Gasteiger partial charge in [-0.2, -0.15) is 4.68 Å².